The molecule has 0 aromatic heterocycles. The molecule has 5 nitrogen and oxygen atoms in total. The molecule has 1 rings (SSSR count). The predicted octanol–water partition coefficient (Wildman–Crippen LogP) is 1.17. The zero-order valence-electron chi connectivity index (χ0n) is 10.9. The van der Waals surface area contributed by atoms with Gasteiger partial charge in [0.05, 0.1) is 0 Å². The second kappa shape index (κ2) is 6.81. The van der Waals surface area contributed by atoms with Gasteiger partial charge in [-0.1, -0.05) is 19.0 Å². The topological polar surface area (TPSA) is 79.9 Å². The Labute approximate surface area is 103 Å². The highest BCUT2D eigenvalue weighted by molar-refractivity contribution is 5.85. The molecule has 1 aliphatic heterocycles. The highest BCUT2D eigenvalue weighted by Gasteiger charge is 2.22. The molecule has 0 aromatic carbocycles. The summed E-state index contributed by atoms with van der Waals surface area (Å²) in [6.45, 7) is 7.69. The Morgan fingerprint density at radius 3 is 2.88 bits per heavy atom. The van der Waals surface area contributed by atoms with Crippen LogP contribution in [0.4, 0.5) is 0 Å². The van der Waals surface area contributed by atoms with Gasteiger partial charge in [-0.05, 0) is 38.3 Å². The van der Waals surface area contributed by atoms with Crippen molar-refractivity contribution in [1.29, 1.82) is 0 Å². The van der Waals surface area contributed by atoms with Crippen LogP contribution in [0.5, 0.6) is 0 Å². The van der Waals surface area contributed by atoms with Gasteiger partial charge in [-0.2, -0.15) is 0 Å². The number of hydrogen-bond donors (Lipinski definition) is 3. The largest absolute Gasteiger partial charge is 0.409 e. The Bertz CT molecular complexity index is 248. The summed E-state index contributed by atoms with van der Waals surface area (Å²) in [5, 5.41) is 15.1. The zero-order valence-corrected chi connectivity index (χ0v) is 10.9. The molecule has 0 aromatic rings. The van der Waals surface area contributed by atoms with Gasteiger partial charge in [-0.15, -0.1) is 0 Å². The van der Waals surface area contributed by atoms with Gasteiger partial charge in [0.25, 0.3) is 0 Å². The quantitative estimate of drug-likeness (QED) is 0.206. The third-order valence-electron chi connectivity index (χ3n) is 3.48. The highest BCUT2D eigenvalue weighted by atomic mass is 16.5. The first-order valence-corrected chi connectivity index (χ1v) is 6.33. The molecule has 0 saturated carbocycles. The van der Waals surface area contributed by atoms with Crippen molar-refractivity contribution >= 4 is 5.84 Å². The van der Waals surface area contributed by atoms with E-state index >= 15 is 0 Å². The molecule has 1 heterocycles. The Hall–Kier alpha value is -0.810. The summed E-state index contributed by atoms with van der Waals surface area (Å²) in [6, 6.07) is 0. The number of ether oxygens (including phenoxy) is 1. The van der Waals surface area contributed by atoms with Gasteiger partial charge >= 0.3 is 0 Å². The lowest BCUT2D eigenvalue weighted by Crippen LogP contribution is -2.35. The first-order chi connectivity index (χ1) is 8.06. The molecule has 0 bridgehead atoms. The molecule has 1 fully saturated rings. The van der Waals surface area contributed by atoms with Gasteiger partial charge in [0, 0.05) is 18.6 Å². The van der Waals surface area contributed by atoms with E-state index in [9.17, 15) is 0 Å². The fourth-order valence-corrected chi connectivity index (χ4v) is 1.91. The third kappa shape index (κ3) is 4.91. The molecule has 0 amide bonds. The average molecular weight is 243 g/mol. The van der Waals surface area contributed by atoms with Crippen LogP contribution in [-0.4, -0.2) is 37.3 Å². The Morgan fingerprint density at radius 2 is 2.29 bits per heavy atom. The number of amidine groups is 1. The summed E-state index contributed by atoms with van der Waals surface area (Å²) < 4.78 is 5.33. The van der Waals surface area contributed by atoms with Crippen molar-refractivity contribution in [3.8, 4) is 0 Å². The lowest BCUT2D eigenvalue weighted by atomic mass is 9.88. The van der Waals surface area contributed by atoms with Gasteiger partial charge in [-0.3, -0.25) is 0 Å². The van der Waals surface area contributed by atoms with Gasteiger partial charge in [-0.25, -0.2) is 0 Å². The van der Waals surface area contributed by atoms with Crippen LogP contribution in [0.3, 0.4) is 0 Å². The molecule has 0 spiro atoms. The summed E-state index contributed by atoms with van der Waals surface area (Å²) in [7, 11) is 0. The first kappa shape index (κ1) is 14.3. The van der Waals surface area contributed by atoms with E-state index in [1.807, 2.05) is 13.8 Å². The van der Waals surface area contributed by atoms with Crippen LogP contribution in [0, 0.1) is 11.3 Å². The number of nitrogens with zero attached hydrogens (tertiary/aromatic N) is 1. The van der Waals surface area contributed by atoms with Crippen LogP contribution in [-0.2, 0) is 4.74 Å². The summed E-state index contributed by atoms with van der Waals surface area (Å²) in [4.78, 5) is 0. The van der Waals surface area contributed by atoms with E-state index in [0.717, 1.165) is 38.6 Å². The Kier molecular flexibility index (Phi) is 5.71. The van der Waals surface area contributed by atoms with Crippen LogP contribution in [0.15, 0.2) is 5.16 Å². The van der Waals surface area contributed by atoms with Crippen molar-refractivity contribution in [3.05, 3.63) is 0 Å². The smallest absolute Gasteiger partial charge is 0.144 e. The number of rotatable bonds is 7. The summed E-state index contributed by atoms with van der Waals surface area (Å²) >= 11 is 0. The standard InChI is InChI=1S/C12H25N3O2/c1-12(2,11(13)15-16)5-7-14-6-3-10-4-8-17-9-10/h10,14,16H,3-9H2,1-2H3,(H2,13,15). The van der Waals surface area contributed by atoms with E-state index in [1.165, 1.54) is 12.8 Å². The summed E-state index contributed by atoms with van der Waals surface area (Å²) in [6.07, 6.45) is 3.23. The number of oxime groups is 1. The first-order valence-electron chi connectivity index (χ1n) is 6.33. The van der Waals surface area contributed by atoms with Crippen LogP contribution in [0.2, 0.25) is 0 Å². The van der Waals surface area contributed by atoms with E-state index in [1.54, 1.807) is 0 Å². The van der Waals surface area contributed by atoms with Crippen molar-refractivity contribution in [1.82, 2.24) is 5.32 Å². The van der Waals surface area contributed by atoms with Crippen molar-refractivity contribution in [3.63, 3.8) is 0 Å². The molecule has 0 radical (unpaired) electrons. The number of nitrogens with two attached hydrogens (primary N) is 1. The van der Waals surface area contributed by atoms with Crippen LogP contribution in [0.1, 0.15) is 33.1 Å². The van der Waals surface area contributed by atoms with Crippen LogP contribution >= 0.6 is 0 Å². The number of nitrogens with one attached hydrogen (secondary N) is 1. The van der Waals surface area contributed by atoms with Crippen LogP contribution in [0.25, 0.3) is 0 Å². The lowest BCUT2D eigenvalue weighted by Gasteiger charge is -2.22. The lowest BCUT2D eigenvalue weighted by molar-refractivity contribution is 0.184. The normalized spacial score (nSPS) is 22.0. The van der Waals surface area contributed by atoms with Crippen molar-refractivity contribution in [2.45, 2.75) is 33.1 Å². The molecule has 17 heavy (non-hydrogen) atoms. The molecule has 100 valence electrons. The molecule has 1 aliphatic rings. The second-order valence-electron chi connectivity index (χ2n) is 5.39. The van der Waals surface area contributed by atoms with Crippen molar-refractivity contribution in [2.24, 2.45) is 22.2 Å². The average Bonchev–Trinajstić information content (AvgIpc) is 2.80. The minimum atomic E-state index is -0.252. The van der Waals surface area contributed by atoms with E-state index in [2.05, 4.69) is 10.5 Å². The highest BCUT2D eigenvalue weighted by Crippen LogP contribution is 2.19. The fourth-order valence-electron chi connectivity index (χ4n) is 1.91. The minimum absolute atomic E-state index is 0.252. The molecule has 1 saturated heterocycles. The van der Waals surface area contributed by atoms with E-state index < -0.39 is 0 Å². The van der Waals surface area contributed by atoms with E-state index in [0.29, 0.717) is 5.84 Å². The SMILES string of the molecule is CC(C)(CCNCCC1CCOC1)C(N)=NO. The second-order valence-corrected chi connectivity index (χ2v) is 5.39. The monoisotopic (exact) mass is 243 g/mol. The van der Waals surface area contributed by atoms with Gasteiger partial charge in [0.2, 0.25) is 0 Å². The summed E-state index contributed by atoms with van der Waals surface area (Å²) in [5.41, 5.74) is 5.37. The maximum absolute atomic E-state index is 8.65. The Morgan fingerprint density at radius 1 is 1.53 bits per heavy atom. The molecular formula is C12H25N3O2. The zero-order chi connectivity index (χ0) is 12.7. The molecular weight excluding hydrogens is 218 g/mol. The molecule has 1 unspecified atom stereocenters. The summed E-state index contributed by atoms with van der Waals surface area (Å²) in [5.74, 6) is 1.02. The van der Waals surface area contributed by atoms with Crippen LogP contribution < -0.4 is 11.1 Å². The maximum Gasteiger partial charge on any atom is 0.144 e. The van der Waals surface area contributed by atoms with Gasteiger partial charge in [0.15, 0.2) is 0 Å². The maximum atomic E-state index is 8.65. The van der Waals surface area contributed by atoms with E-state index in [-0.39, 0.29) is 5.41 Å². The van der Waals surface area contributed by atoms with Gasteiger partial charge in [0.1, 0.15) is 5.84 Å². The molecule has 4 N–H and O–H groups in total. The minimum Gasteiger partial charge on any atom is -0.409 e. The van der Waals surface area contributed by atoms with Crippen molar-refractivity contribution < 1.29 is 9.94 Å². The Balaban J connectivity index is 2.07. The fraction of sp³-hybridized carbons (Fsp3) is 0.917. The molecule has 0 aliphatic carbocycles. The predicted molar refractivity (Wildman–Crippen MR) is 68.2 cm³/mol. The third-order valence-corrected chi connectivity index (χ3v) is 3.48. The molecule has 1 atom stereocenters. The number of hydrogen-bond acceptors (Lipinski definition) is 4. The van der Waals surface area contributed by atoms with Crippen molar-refractivity contribution in [2.75, 3.05) is 26.3 Å². The molecule has 5 heteroatoms. The van der Waals surface area contributed by atoms with E-state index in [4.69, 9.17) is 15.7 Å². The van der Waals surface area contributed by atoms with Gasteiger partial charge < -0.3 is 21.0 Å².